The number of hydrogen-bond acceptors (Lipinski definition) is 4. The van der Waals surface area contributed by atoms with E-state index < -0.39 is 29.2 Å². The van der Waals surface area contributed by atoms with E-state index in [0.717, 1.165) is 23.2 Å². The SMILES string of the molecule is Cn1cc(C(=O)ON=Cc2c(F)cccc2Cl)c(C(F)(F)F)n1. The fourth-order valence-electron chi connectivity index (χ4n) is 1.66. The molecule has 0 spiro atoms. The molecule has 10 heteroatoms. The van der Waals surface area contributed by atoms with Gasteiger partial charge in [-0.05, 0) is 12.1 Å². The molecule has 0 amide bonds. The second-order valence-corrected chi connectivity index (χ2v) is 4.72. The quantitative estimate of drug-likeness (QED) is 0.369. The predicted molar refractivity (Wildman–Crippen MR) is 72.6 cm³/mol. The first-order chi connectivity index (χ1) is 10.7. The molecule has 1 aromatic heterocycles. The van der Waals surface area contributed by atoms with Gasteiger partial charge in [-0.25, -0.2) is 9.18 Å². The molecule has 23 heavy (non-hydrogen) atoms. The van der Waals surface area contributed by atoms with Crippen molar-refractivity contribution in [2.75, 3.05) is 0 Å². The molecule has 122 valence electrons. The third-order valence-electron chi connectivity index (χ3n) is 2.63. The Morgan fingerprint density at radius 3 is 2.74 bits per heavy atom. The number of benzene rings is 1. The van der Waals surface area contributed by atoms with Gasteiger partial charge in [-0.3, -0.25) is 4.68 Å². The Balaban J connectivity index is 2.19. The van der Waals surface area contributed by atoms with Crippen LogP contribution in [0.3, 0.4) is 0 Å². The lowest BCUT2D eigenvalue weighted by Crippen LogP contribution is -2.13. The molecule has 1 aromatic carbocycles. The second-order valence-electron chi connectivity index (χ2n) is 4.31. The zero-order valence-electron chi connectivity index (χ0n) is 11.4. The zero-order valence-corrected chi connectivity index (χ0v) is 12.2. The van der Waals surface area contributed by atoms with Gasteiger partial charge in [0.2, 0.25) is 0 Å². The topological polar surface area (TPSA) is 56.5 Å². The normalized spacial score (nSPS) is 11.9. The Labute approximate surface area is 132 Å². The zero-order chi connectivity index (χ0) is 17.2. The van der Waals surface area contributed by atoms with Crippen molar-refractivity contribution in [2.24, 2.45) is 12.2 Å². The predicted octanol–water partition coefficient (Wildman–Crippen LogP) is 3.42. The van der Waals surface area contributed by atoms with Gasteiger partial charge >= 0.3 is 12.1 Å². The van der Waals surface area contributed by atoms with Crippen molar-refractivity contribution in [3.05, 3.63) is 52.1 Å². The minimum atomic E-state index is -4.83. The number of hydrogen-bond donors (Lipinski definition) is 0. The summed E-state index contributed by atoms with van der Waals surface area (Å²) >= 11 is 5.72. The molecule has 0 saturated carbocycles. The van der Waals surface area contributed by atoms with Crippen molar-refractivity contribution >= 4 is 23.8 Å². The summed E-state index contributed by atoms with van der Waals surface area (Å²) in [7, 11) is 1.22. The van der Waals surface area contributed by atoms with Gasteiger partial charge < -0.3 is 4.84 Å². The average molecular weight is 350 g/mol. The Kier molecular flexibility index (Phi) is 4.69. The van der Waals surface area contributed by atoms with Crippen LogP contribution in [-0.4, -0.2) is 22.0 Å². The number of aromatic nitrogens is 2. The van der Waals surface area contributed by atoms with Crippen LogP contribution in [0.2, 0.25) is 5.02 Å². The van der Waals surface area contributed by atoms with Gasteiger partial charge in [0.1, 0.15) is 11.4 Å². The molecular formula is C13H8ClF4N3O2. The maximum Gasteiger partial charge on any atom is 0.436 e. The molecule has 0 radical (unpaired) electrons. The van der Waals surface area contributed by atoms with Crippen molar-refractivity contribution < 1.29 is 27.2 Å². The molecule has 0 aliphatic rings. The lowest BCUT2D eigenvalue weighted by atomic mass is 10.2. The molecular weight excluding hydrogens is 342 g/mol. The van der Waals surface area contributed by atoms with Gasteiger partial charge in [0.05, 0.1) is 16.8 Å². The summed E-state index contributed by atoms with van der Waals surface area (Å²) in [6.45, 7) is 0. The van der Waals surface area contributed by atoms with E-state index in [-0.39, 0.29) is 10.6 Å². The van der Waals surface area contributed by atoms with Crippen LogP contribution in [0.25, 0.3) is 0 Å². The number of aryl methyl sites for hydroxylation is 1. The first-order valence-corrected chi connectivity index (χ1v) is 6.37. The second kappa shape index (κ2) is 6.37. The summed E-state index contributed by atoms with van der Waals surface area (Å²) in [6, 6.07) is 3.82. The number of rotatable bonds is 3. The number of oxime groups is 1. The van der Waals surface area contributed by atoms with Gasteiger partial charge in [-0.2, -0.15) is 18.3 Å². The first-order valence-electron chi connectivity index (χ1n) is 5.99. The average Bonchev–Trinajstić information content (AvgIpc) is 2.84. The van der Waals surface area contributed by atoms with Gasteiger partial charge in [-0.15, -0.1) is 0 Å². The van der Waals surface area contributed by atoms with Crippen molar-refractivity contribution in [2.45, 2.75) is 6.18 Å². The maximum atomic E-state index is 13.4. The minimum Gasteiger partial charge on any atom is -0.313 e. The summed E-state index contributed by atoms with van der Waals surface area (Å²) in [5.41, 5.74) is -2.37. The molecule has 0 saturated heterocycles. The smallest absolute Gasteiger partial charge is 0.313 e. The van der Waals surface area contributed by atoms with E-state index in [4.69, 9.17) is 11.6 Å². The third kappa shape index (κ3) is 3.86. The van der Waals surface area contributed by atoms with Gasteiger partial charge in [-0.1, -0.05) is 22.8 Å². The number of alkyl halides is 3. The molecule has 0 atom stereocenters. The standard InChI is InChI=1S/C13H8ClF4N3O2/c1-21-6-8(11(20-21)13(16,17)18)12(22)23-19-5-7-9(14)3-2-4-10(7)15/h2-6H,1H3. The van der Waals surface area contributed by atoms with E-state index in [1.54, 1.807) is 0 Å². The molecule has 0 aliphatic carbocycles. The minimum absolute atomic E-state index is 0.00200. The third-order valence-corrected chi connectivity index (χ3v) is 2.96. The van der Waals surface area contributed by atoms with Crippen LogP contribution in [0.4, 0.5) is 17.6 Å². The van der Waals surface area contributed by atoms with E-state index in [0.29, 0.717) is 0 Å². The van der Waals surface area contributed by atoms with Crippen LogP contribution in [-0.2, 0) is 18.1 Å². The summed E-state index contributed by atoms with van der Waals surface area (Å²) in [5, 5.41) is 6.33. The summed E-state index contributed by atoms with van der Waals surface area (Å²) in [6.07, 6.45) is -3.19. The Morgan fingerprint density at radius 1 is 1.43 bits per heavy atom. The molecule has 2 aromatic rings. The first kappa shape index (κ1) is 16.9. The van der Waals surface area contributed by atoms with Crippen molar-refractivity contribution in [3.8, 4) is 0 Å². The van der Waals surface area contributed by atoms with Crippen molar-refractivity contribution in [3.63, 3.8) is 0 Å². The summed E-state index contributed by atoms with van der Waals surface area (Å²) in [4.78, 5) is 16.0. The van der Waals surface area contributed by atoms with E-state index in [1.165, 1.54) is 19.2 Å². The molecule has 2 rings (SSSR count). The highest BCUT2D eigenvalue weighted by Crippen LogP contribution is 2.30. The van der Waals surface area contributed by atoms with E-state index in [9.17, 15) is 22.4 Å². The number of carbonyl (C=O) groups excluding carboxylic acids is 1. The summed E-state index contributed by atoms with van der Waals surface area (Å²) in [5.74, 6) is -2.11. The molecule has 0 aliphatic heterocycles. The van der Waals surface area contributed by atoms with Crippen molar-refractivity contribution in [1.82, 2.24) is 9.78 Å². The molecule has 0 fully saturated rings. The van der Waals surface area contributed by atoms with Gasteiger partial charge in [0, 0.05) is 13.2 Å². The lowest BCUT2D eigenvalue weighted by Gasteiger charge is -2.03. The van der Waals surface area contributed by atoms with Gasteiger partial charge in [0.15, 0.2) is 5.69 Å². The van der Waals surface area contributed by atoms with Crippen molar-refractivity contribution in [1.29, 1.82) is 0 Å². The number of halogens is 5. The van der Waals surface area contributed by atoms with Crippen LogP contribution < -0.4 is 0 Å². The van der Waals surface area contributed by atoms with E-state index in [2.05, 4.69) is 15.1 Å². The molecule has 5 nitrogen and oxygen atoms in total. The summed E-state index contributed by atoms with van der Waals surface area (Å²) < 4.78 is 52.4. The molecule has 0 N–H and O–H groups in total. The van der Waals surface area contributed by atoms with Crippen LogP contribution in [0, 0.1) is 5.82 Å². The molecule has 0 unspecified atom stereocenters. The maximum absolute atomic E-state index is 13.4. The van der Waals surface area contributed by atoms with Crippen LogP contribution >= 0.6 is 11.6 Å². The van der Waals surface area contributed by atoms with Crippen LogP contribution in [0.1, 0.15) is 21.6 Å². The Morgan fingerprint density at radius 2 is 2.13 bits per heavy atom. The fourth-order valence-corrected chi connectivity index (χ4v) is 1.87. The highest BCUT2D eigenvalue weighted by atomic mass is 35.5. The lowest BCUT2D eigenvalue weighted by molar-refractivity contribution is -0.142. The fraction of sp³-hybridized carbons (Fsp3) is 0.154. The largest absolute Gasteiger partial charge is 0.436 e. The molecule has 0 bridgehead atoms. The Hall–Kier alpha value is -2.42. The van der Waals surface area contributed by atoms with Crippen LogP contribution in [0.5, 0.6) is 0 Å². The van der Waals surface area contributed by atoms with E-state index in [1.807, 2.05) is 0 Å². The monoisotopic (exact) mass is 349 g/mol. The Bertz CT molecular complexity index is 751. The molecule has 1 heterocycles. The number of nitrogens with zero attached hydrogens (tertiary/aromatic N) is 3. The van der Waals surface area contributed by atoms with Crippen LogP contribution in [0.15, 0.2) is 29.6 Å². The van der Waals surface area contributed by atoms with E-state index >= 15 is 0 Å². The highest BCUT2D eigenvalue weighted by molar-refractivity contribution is 6.33. The van der Waals surface area contributed by atoms with Gasteiger partial charge in [0.25, 0.3) is 0 Å². The highest BCUT2D eigenvalue weighted by Gasteiger charge is 2.39. The number of carbonyl (C=O) groups is 1.